The summed E-state index contributed by atoms with van der Waals surface area (Å²) in [6, 6.07) is 1.51. The van der Waals surface area contributed by atoms with Crippen molar-refractivity contribution in [1.29, 1.82) is 0 Å². The molecule has 7 atom stereocenters. The van der Waals surface area contributed by atoms with Crippen LogP contribution in [-0.2, 0) is 0 Å². The van der Waals surface area contributed by atoms with E-state index < -0.39 is 0 Å². The standard InChI is InChI=1S/C23H40N2/c1-19(2)15-7-8-21(19,5)17(13-15)24-11-12-25-18-14-16-20(3,4)23(16)10-9-22(18,23)6/h15-18,24-25H,7-14H2,1-6H3. The van der Waals surface area contributed by atoms with E-state index >= 15 is 0 Å². The van der Waals surface area contributed by atoms with Gasteiger partial charge in [0.15, 0.2) is 0 Å². The molecule has 5 rings (SSSR count). The Bertz CT molecular complexity index is 595. The quantitative estimate of drug-likeness (QED) is 0.713. The lowest BCUT2D eigenvalue weighted by molar-refractivity contribution is -0.0198. The summed E-state index contributed by atoms with van der Waals surface area (Å²) < 4.78 is 0. The van der Waals surface area contributed by atoms with Crippen LogP contribution in [0.2, 0.25) is 0 Å². The largest absolute Gasteiger partial charge is 0.312 e. The molecule has 0 aliphatic heterocycles. The molecule has 7 unspecified atom stereocenters. The van der Waals surface area contributed by atoms with Crippen molar-refractivity contribution in [2.24, 2.45) is 38.9 Å². The van der Waals surface area contributed by atoms with Gasteiger partial charge in [0, 0.05) is 25.2 Å². The van der Waals surface area contributed by atoms with Gasteiger partial charge in [-0.05, 0) is 77.4 Å². The zero-order valence-electron chi connectivity index (χ0n) is 17.5. The van der Waals surface area contributed by atoms with Gasteiger partial charge in [-0.2, -0.15) is 0 Å². The predicted octanol–water partition coefficient (Wildman–Crippen LogP) is 4.60. The zero-order valence-corrected chi connectivity index (χ0v) is 17.5. The van der Waals surface area contributed by atoms with Crippen molar-refractivity contribution in [1.82, 2.24) is 10.6 Å². The van der Waals surface area contributed by atoms with Gasteiger partial charge in [0.05, 0.1) is 0 Å². The van der Waals surface area contributed by atoms with Gasteiger partial charge in [0.2, 0.25) is 0 Å². The van der Waals surface area contributed by atoms with Crippen molar-refractivity contribution >= 4 is 0 Å². The Morgan fingerprint density at radius 3 is 1.80 bits per heavy atom. The summed E-state index contributed by atoms with van der Waals surface area (Å²) in [7, 11) is 0. The highest BCUT2D eigenvalue weighted by Crippen LogP contribution is 2.90. The van der Waals surface area contributed by atoms with Gasteiger partial charge in [0.25, 0.3) is 0 Å². The van der Waals surface area contributed by atoms with Crippen LogP contribution in [0.1, 0.15) is 80.1 Å². The Labute approximate surface area is 155 Å². The van der Waals surface area contributed by atoms with Crippen LogP contribution in [0.3, 0.4) is 0 Å². The summed E-state index contributed by atoms with van der Waals surface area (Å²) in [4.78, 5) is 0. The third-order valence-electron chi connectivity index (χ3n) is 11.5. The summed E-state index contributed by atoms with van der Waals surface area (Å²) >= 11 is 0. The number of fused-ring (bicyclic) bond motifs is 2. The number of hydrogen-bond acceptors (Lipinski definition) is 2. The van der Waals surface area contributed by atoms with Crippen molar-refractivity contribution in [3.63, 3.8) is 0 Å². The highest BCUT2D eigenvalue weighted by atomic mass is 15.1. The first-order chi connectivity index (χ1) is 11.6. The maximum absolute atomic E-state index is 3.99. The molecule has 2 nitrogen and oxygen atoms in total. The molecule has 0 radical (unpaired) electrons. The van der Waals surface area contributed by atoms with Gasteiger partial charge in [-0.3, -0.25) is 0 Å². The van der Waals surface area contributed by atoms with Crippen molar-refractivity contribution in [2.75, 3.05) is 13.1 Å². The fourth-order valence-electron chi connectivity index (χ4n) is 9.18. The topological polar surface area (TPSA) is 24.1 Å². The highest BCUT2D eigenvalue weighted by Gasteiger charge is 2.86. The van der Waals surface area contributed by atoms with Gasteiger partial charge in [-0.15, -0.1) is 0 Å². The van der Waals surface area contributed by atoms with Crippen LogP contribution < -0.4 is 10.6 Å². The second-order valence-corrected chi connectivity index (χ2v) is 12.0. The summed E-state index contributed by atoms with van der Waals surface area (Å²) in [5, 5.41) is 7.95. The molecule has 142 valence electrons. The molecule has 5 saturated carbocycles. The fraction of sp³-hybridized carbons (Fsp3) is 1.00. The van der Waals surface area contributed by atoms with E-state index in [1.165, 1.54) is 38.5 Å². The molecule has 0 aromatic carbocycles. The molecule has 2 N–H and O–H groups in total. The van der Waals surface area contributed by atoms with E-state index in [2.05, 4.69) is 52.2 Å². The van der Waals surface area contributed by atoms with Crippen LogP contribution in [0.4, 0.5) is 0 Å². The van der Waals surface area contributed by atoms with E-state index in [1.54, 1.807) is 0 Å². The van der Waals surface area contributed by atoms with E-state index in [4.69, 9.17) is 0 Å². The van der Waals surface area contributed by atoms with Gasteiger partial charge < -0.3 is 10.6 Å². The van der Waals surface area contributed by atoms with Crippen molar-refractivity contribution in [2.45, 2.75) is 92.2 Å². The Kier molecular flexibility index (Phi) is 3.18. The highest BCUT2D eigenvalue weighted by molar-refractivity contribution is 5.35. The molecule has 0 aromatic rings. The van der Waals surface area contributed by atoms with E-state index in [0.29, 0.717) is 27.1 Å². The smallest absolute Gasteiger partial charge is 0.0130 e. The van der Waals surface area contributed by atoms with E-state index in [-0.39, 0.29) is 0 Å². The summed E-state index contributed by atoms with van der Waals surface area (Å²) in [6.45, 7) is 17.6. The molecule has 5 aliphatic rings. The van der Waals surface area contributed by atoms with Crippen molar-refractivity contribution in [3.8, 4) is 0 Å². The average Bonchev–Trinajstić information content (AvgIpc) is 2.78. The predicted molar refractivity (Wildman–Crippen MR) is 104 cm³/mol. The molecular weight excluding hydrogens is 304 g/mol. The first-order valence-electron chi connectivity index (χ1n) is 11.1. The van der Waals surface area contributed by atoms with Crippen molar-refractivity contribution < 1.29 is 0 Å². The SMILES string of the molecule is CC1(C)C2CCC1(C)C(NCCNC1CC3C(C)(C)C34CCC14C)C2. The minimum Gasteiger partial charge on any atom is -0.312 e. The normalized spacial score (nSPS) is 56.4. The lowest BCUT2D eigenvalue weighted by atomic mass is 9.54. The molecule has 0 amide bonds. The van der Waals surface area contributed by atoms with Crippen LogP contribution in [0.25, 0.3) is 0 Å². The van der Waals surface area contributed by atoms with Gasteiger partial charge in [-0.1, -0.05) is 41.5 Å². The molecule has 2 heteroatoms. The second kappa shape index (κ2) is 4.66. The zero-order chi connectivity index (χ0) is 17.9. The summed E-state index contributed by atoms with van der Waals surface area (Å²) in [5.41, 5.74) is 2.96. The molecule has 25 heavy (non-hydrogen) atoms. The lowest BCUT2D eigenvalue weighted by Gasteiger charge is -2.53. The van der Waals surface area contributed by atoms with E-state index in [9.17, 15) is 0 Å². The van der Waals surface area contributed by atoms with Gasteiger partial charge in [-0.25, -0.2) is 0 Å². The molecular formula is C23H40N2. The minimum absolute atomic E-state index is 0.515. The molecule has 5 aliphatic carbocycles. The number of nitrogens with one attached hydrogen (secondary N) is 2. The van der Waals surface area contributed by atoms with E-state index in [0.717, 1.165) is 37.0 Å². The lowest BCUT2D eigenvalue weighted by Crippen LogP contribution is -2.54. The van der Waals surface area contributed by atoms with Crippen molar-refractivity contribution in [3.05, 3.63) is 0 Å². The molecule has 0 heterocycles. The van der Waals surface area contributed by atoms with Crippen LogP contribution in [0, 0.1) is 38.9 Å². The Morgan fingerprint density at radius 2 is 1.36 bits per heavy atom. The molecule has 1 spiro atoms. The monoisotopic (exact) mass is 344 g/mol. The summed E-state index contributed by atoms with van der Waals surface area (Å²) in [6.07, 6.45) is 8.67. The van der Waals surface area contributed by atoms with Gasteiger partial charge >= 0.3 is 0 Å². The van der Waals surface area contributed by atoms with Crippen LogP contribution >= 0.6 is 0 Å². The molecule has 5 fully saturated rings. The maximum Gasteiger partial charge on any atom is 0.0130 e. The summed E-state index contributed by atoms with van der Waals surface area (Å²) in [5.74, 6) is 1.94. The first kappa shape index (κ1) is 17.0. The molecule has 0 saturated heterocycles. The second-order valence-electron chi connectivity index (χ2n) is 12.0. The number of hydrogen-bond donors (Lipinski definition) is 2. The molecule has 2 bridgehead atoms. The maximum atomic E-state index is 3.99. The Hall–Kier alpha value is -0.0800. The van der Waals surface area contributed by atoms with Crippen LogP contribution in [0.15, 0.2) is 0 Å². The number of rotatable bonds is 5. The molecule has 0 aromatic heterocycles. The third kappa shape index (κ3) is 1.67. The van der Waals surface area contributed by atoms with E-state index in [1.807, 2.05) is 0 Å². The van der Waals surface area contributed by atoms with Gasteiger partial charge in [0.1, 0.15) is 0 Å². The Balaban J connectivity index is 1.14. The van der Waals surface area contributed by atoms with Crippen LogP contribution in [0.5, 0.6) is 0 Å². The fourth-order valence-corrected chi connectivity index (χ4v) is 9.18. The minimum atomic E-state index is 0.515. The average molecular weight is 345 g/mol. The third-order valence-corrected chi connectivity index (χ3v) is 11.5. The Morgan fingerprint density at radius 1 is 0.720 bits per heavy atom. The first-order valence-corrected chi connectivity index (χ1v) is 11.1. The van der Waals surface area contributed by atoms with Crippen LogP contribution in [-0.4, -0.2) is 25.2 Å².